The summed E-state index contributed by atoms with van der Waals surface area (Å²) in [5.74, 6) is 0. The number of β-amino-alcohol motifs (C(OH)–C–C–N with tert-alkyl or cyclic N) is 1. The summed E-state index contributed by atoms with van der Waals surface area (Å²) in [6, 6.07) is 0.135. The van der Waals surface area contributed by atoms with Crippen LogP contribution in [-0.4, -0.2) is 42.6 Å². The molecule has 2 N–H and O–H groups in total. The van der Waals surface area contributed by atoms with Crippen LogP contribution in [0.3, 0.4) is 0 Å². The third-order valence-electron chi connectivity index (χ3n) is 2.83. The predicted octanol–water partition coefficient (Wildman–Crippen LogP) is -0.560. The molecule has 1 heterocycles. The van der Waals surface area contributed by atoms with Gasteiger partial charge in [-0.1, -0.05) is 6.92 Å². The van der Waals surface area contributed by atoms with Crippen molar-refractivity contribution in [3.8, 4) is 0 Å². The average Bonchev–Trinajstić information content (AvgIpc) is 2.81. The largest absolute Gasteiger partial charge is 0.387 e. The van der Waals surface area contributed by atoms with Gasteiger partial charge >= 0.3 is 0 Å². The zero-order valence-electron chi connectivity index (χ0n) is 8.23. The lowest BCUT2D eigenvalue weighted by atomic mass is 9.94. The van der Waals surface area contributed by atoms with Gasteiger partial charge in [-0.05, 0) is 19.3 Å². The fraction of sp³-hybridized carbons (Fsp3) is 1.00. The standard InChI is InChI=1S/C8H16N2O3S/c1-2-8(11)5-10(6-8)14(12,13)9-7-3-4-7/h7,9,11H,2-6H2,1H3. The van der Waals surface area contributed by atoms with Crippen LogP contribution in [0.15, 0.2) is 0 Å². The second-order valence-electron chi connectivity index (χ2n) is 4.24. The van der Waals surface area contributed by atoms with Gasteiger partial charge in [-0.3, -0.25) is 0 Å². The van der Waals surface area contributed by atoms with Gasteiger partial charge in [0.25, 0.3) is 10.2 Å². The Morgan fingerprint density at radius 1 is 1.50 bits per heavy atom. The lowest BCUT2D eigenvalue weighted by Crippen LogP contribution is -2.65. The fourth-order valence-corrected chi connectivity index (χ4v) is 3.12. The summed E-state index contributed by atoms with van der Waals surface area (Å²) in [6.07, 6.45) is 2.47. The van der Waals surface area contributed by atoms with E-state index in [4.69, 9.17) is 0 Å². The van der Waals surface area contributed by atoms with E-state index in [0.29, 0.717) is 6.42 Å². The summed E-state index contributed by atoms with van der Waals surface area (Å²) in [7, 11) is -3.32. The summed E-state index contributed by atoms with van der Waals surface area (Å²) >= 11 is 0. The van der Waals surface area contributed by atoms with E-state index in [1.165, 1.54) is 4.31 Å². The van der Waals surface area contributed by atoms with Crippen molar-refractivity contribution in [3.63, 3.8) is 0 Å². The second-order valence-corrected chi connectivity index (χ2v) is 5.95. The van der Waals surface area contributed by atoms with Gasteiger partial charge in [0.2, 0.25) is 0 Å². The zero-order chi connectivity index (χ0) is 10.4. The van der Waals surface area contributed by atoms with E-state index in [0.717, 1.165) is 12.8 Å². The molecule has 1 aliphatic carbocycles. The zero-order valence-corrected chi connectivity index (χ0v) is 9.05. The van der Waals surface area contributed by atoms with Crippen LogP contribution in [0.1, 0.15) is 26.2 Å². The first-order chi connectivity index (χ1) is 6.45. The highest BCUT2D eigenvalue weighted by atomic mass is 32.2. The number of rotatable bonds is 4. The van der Waals surface area contributed by atoms with Gasteiger partial charge in [0.1, 0.15) is 0 Å². The molecule has 0 amide bonds. The highest BCUT2D eigenvalue weighted by molar-refractivity contribution is 7.87. The lowest BCUT2D eigenvalue weighted by molar-refractivity contribution is -0.0618. The van der Waals surface area contributed by atoms with Crippen LogP contribution in [0.4, 0.5) is 0 Å². The molecule has 0 bridgehead atoms. The van der Waals surface area contributed by atoms with E-state index in [-0.39, 0.29) is 19.1 Å². The quantitative estimate of drug-likeness (QED) is 0.667. The number of aliphatic hydroxyl groups is 1. The van der Waals surface area contributed by atoms with Crippen LogP contribution in [0.25, 0.3) is 0 Å². The molecule has 2 rings (SSSR count). The third kappa shape index (κ3) is 1.93. The van der Waals surface area contributed by atoms with Crippen molar-refractivity contribution in [2.45, 2.75) is 37.8 Å². The molecule has 0 aromatic carbocycles. The van der Waals surface area contributed by atoms with Crippen molar-refractivity contribution < 1.29 is 13.5 Å². The van der Waals surface area contributed by atoms with Gasteiger partial charge in [-0.25, -0.2) is 0 Å². The summed E-state index contributed by atoms with van der Waals surface area (Å²) < 4.78 is 27.0. The Morgan fingerprint density at radius 2 is 2.07 bits per heavy atom. The molecule has 2 aliphatic rings. The van der Waals surface area contributed by atoms with Crippen molar-refractivity contribution in [3.05, 3.63) is 0 Å². The number of nitrogens with one attached hydrogen (secondary N) is 1. The van der Waals surface area contributed by atoms with E-state index in [1.54, 1.807) is 0 Å². The molecule has 6 heteroatoms. The minimum atomic E-state index is -3.32. The van der Waals surface area contributed by atoms with E-state index in [1.807, 2.05) is 6.92 Å². The van der Waals surface area contributed by atoms with Crippen LogP contribution >= 0.6 is 0 Å². The number of hydrogen-bond donors (Lipinski definition) is 2. The van der Waals surface area contributed by atoms with Crippen molar-refractivity contribution in [1.82, 2.24) is 9.03 Å². The van der Waals surface area contributed by atoms with Gasteiger partial charge in [-0.2, -0.15) is 17.4 Å². The van der Waals surface area contributed by atoms with E-state index >= 15 is 0 Å². The molecule has 0 aromatic rings. The van der Waals surface area contributed by atoms with Gasteiger partial charge in [0, 0.05) is 19.1 Å². The SMILES string of the molecule is CCC1(O)CN(S(=O)(=O)NC2CC2)C1. The first-order valence-corrected chi connectivity index (χ1v) is 6.39. The Morgan fingerprint density at radius 3 is 2.50 bits per heavy atom. The smallest absolute Gasteiger partial charge is 0.279 e. The highest BCUT2D eigenvalue weighted by Gasteiger charge is 2.46. The monoisotopic (exact) mass is 220 g/mol. The van der Waals surface area contributed by atoms with E-state index in [2.05, 4.69) is 4.72 Å². The second kappa shape index (κ2) is 3.16. The van der Waals surface area contributed by atoms with Gasteiger partial charge in [-0.15, -0.1) is 0 Å². The number of nitrogens with zero attached hydrogens (tertiary/aromatic N) is 1. The van der Waals surface area contributed by atoms with Crippen LogP contribution < -0.4 is 4.72 Å². The topological polar surface area (TPSA) is 69.6 Å². The molecular weight excluding hydrogens is 204 g/mol. The Bertz CT molecular complexity index is 317. The molecule has 2 fully saturated rings. The minimum absolute atomic E-state index is 0.135. The van der Waals surface area contributed by atoms with Crippen molar-refractivity contribution in [2.24, 2.45) is 0 Å². The summed E-state index contributed by atoms with van der Waals surface area (Å²) in [5, 5.41) is 9.67. The average molecular weight is 220 g/mol. The van der Waals surface area contributed by atoms with Crippen LogP contribution in [0, 0.1) is 0 Å². The molecular formula is C8H16N2O3S. The Kier molecular flexibility index (Phi) is 2.34. The molecule has 5 nitrogen and oxygen atoms in total. The summed E-state index contributed by atoms with van der Waals surface area (Å²) in [4.78, 5) is 0. The van der Waals surface area contributed by atoms with Crippen molar-refractivity contribution in [2.75, 3.05) is 13.1 Å². The molecule has 0 unspecified atom stereocenters. The molecule has 1 saturated carbocycles. The molecule has 0 radical (unpaired) electrons. The molecule has 0 spiro atoms. The fourth-order valence-electron chi connectivity index (χ4n) is 1.49. The molecule has 0 atom stereocenters. The molecule has 1 saturated heterocycles. The Hall–Kier alpha value is -0.170. The first kappa shape index (κ1) is 10.4. The Labute approximate surface area is 84.3 Å². The number of hydrogen-bond acceptors (Lipinski definition) is 3. The van der Waals surface area contributed by atoms with E-state index in [9.17, 15) is 13.5 Å². The van der Waals surface area contributed by atoms with Crippen LogP contribution in [0.5, 0.6) is 0 Å². The molecule has 1 aliphatic heterocycles. The first-order valence-electron chi connectivity index (χ1n) is 4.95. The normalized spacial score (nSPS) is 27.3. The Balaban J connectivity index is 1.91. The van der Waals surface area contributed by atoms with Crippen molar-refractivity contribution in [1.29, 1.82) is 0 Å². The lowest BCUT2D eigenvalue weighted by Gasteiger charge is -2.44. The van der Waals surface area contributed by atoms with Crippen LogP contribution in [-0.2, 0) is 10.2 Å². The molecule has 82 valence electrons. The van der Waals surface area contributed by atoms with Crippen LogP contribution in [0.2, 0.25) is 0 Å². The van der Waals surface area contributed by atoms with Gasteiger partial charge in [0.05, 0.1) is 5.60 Å². The maximum Gasteiger partial charge on any atom is 0.279 e. The molecule has 14 heavy (non-hydrogen) atoms. The van der Waals surface area contributed by atoms with Gasteiger partial charge < -0.3 is 5.11 Å². The predicted molar refractivity (Wildman–Crippen MR) is 51.9 cm³/mol. The minimum Gasteiger partial charge on any atom is -0.387 e. The third-order valence-corrected chi connectivity index (χ3v) is 4.40. The summed E-state index contributed by atoms with van der Waals surface area (Å²) in [5.41, 5.74) is -0.793. The van der Waals surface area contributed by atoms with E-state index < -0.39 is 15.8 Å². The van der Waals surface area contributed by atoms with Crippen molar-refractivity contribution >= 4 is 10.2 Å². The molecule has 0 aromatic heterocycles. The summed E-state index contributed by atoms with van der Waals surface area (Å²) in [6.45, 7) is 2.31. The highest BCUT2D eigenvalue weighted by Crippen LogP contribution is 2.28. The van der Waals surface area contributed by atoms with Gasteiger partial charge in [0.15, 0.2) is 0 Å². The maximum atomic E-state index is 11.6. The maximum absolute atomic E-state index is 11.6.